The number of hydrogen-bond donors (Lipinski definition) is 3. The Balaban J connectivity index is 0.00000261. The molecule has 2 aromatic rings. The molecule has 1 heterocycles. The smallest absolute Gasteiger partial charge is 0.262 e. The minimum absolute atomic E-state index is 0. The van der Waals surface area contributed by atoms with Crippen LogP contribution in [0.4, 0.5) is 11.4 Å². The SMILES string of the molecule is Cl.O=C(COc1cccc(NC(=O)C2CCCNC2)c1)Nc1ccccc1. The molecule has 0 bridgehead atoms. The van der Waals surface area contributed by atoms with Crippen LogP contribution in [0.5, 0.6) is 5.75 Å². The van der Waals surface area contributed by atoms with Crippen LogP contribution in [0.2, 0.25) is 0 Å². The Morgan fingerprint density at radius 3 is 2.56 bits per heavy atom. The topological polar surface area (TPSA) is 79.5 Å². The Kier molecular flexibility index (Phi) is 8.10. The molecule has 7 heteroatoms. The summed E-state index contributed by atoms with van der Waals surface area (Å²) in [5, 5.41) is 8.92. The highest BCUT2D eigenvalue weighted by Gasteiger charge is 2.20. The van der Waals surface area contributed by atoms with Gasteiger partial charge in [-0.2, -0.15) is 0 Å². The number of halogens is 1. The van der Waals surface area contributed by atoms with Crippen LogP contribution in [0.25, 0.3) is 0 Å². The molecule has 1 aliphatic heterocycles. The van der Waals surface area contributed by atoms with E-state index in [9.17, 15) is 9.59 Å². The monoisotopic (exact) mass is 389 g/mol. The van der Waals surface area contributed by atoms with E-state index in [-0.39, 0.29) is 36.7 Å². The van der Waals surface area contributed by atoms with Crippen molar-refractivity contribution in [3.8, 4) is 5.75 Å². The first-order chi connectivity index (χ1) is 12.7. The first kappa shape index (κ1) is 20.7. The minimum atomic E-state index is -0.237. The number of hydrogen-bond acceptors (Lipinski definition) is 4. The fourth-order valence-electron chi connectivity index (χ4n) is 2.85. The summed E-state index contributed by atoms with van der Waals surface area (Å²) >= 11 is 0. The Morgan fingerprint density at radius 2 is 1.81 bits per heavy atom. The second kappa shape index (κ2) is 10.5. The van der Waals surface area contributed by atoms with Crippen LogP contribution in [-0.2, 0) is 9.59 Å². The molecule has 1 atom stereocenters. The van der Waals surface area contributed by atoms with E-state index in [1.807, 2.05) is 36.4 Å². The van der Waals surface area contributed by atoms with Crippen molar-refractivity contribution >= 4 is 35.6 Å². The number of nitrogens with one attached hydrogen (secondary N) is 3. The number of carbonyl (C=O) groups excluding carboxylic acids is 2. The average molecular weight is 390 g/mol. The van der Waals surface area contributed by atoms with Gasteiger partial charge in [0, 0.05) is 24.0 Å². The molecule has 3 N–H and O–H groups in total. The summed E-state index contributed by atoms with van der Waals surface area (Å²) in [6, 6.07) is 16.3. The van der Waals surface area contributed by atoms with E-state index in [1.54, 1.807) is 18.2 Å². The van der Waals surface area contributed by atoms with Gasteiger partial charge in [-0.3, -0.25) is 9.59 Å². The van der Waals surface area contributed by atoms with Gasteiger partial charge in [0.1, 0.15) is 5.75 Å². The number of amides is 2. The second-order valence-electron chi connectivity index (χ2n) is 6.26. The van der Waals surface area contributed by atoms with E-state index in [0.717, 1.165) is 25.1 Å². The van der Waals surface area contributed by atoms with Crippen LogP contribution in [0, 0.1) is 5.92 Å². The van der Waals surface area contributed by atoms with Crippen LogP contribution < -0.4 is 20.7 Å². The first-order valence-electron chi connectivity index (χ1n) is 8.80. The quantitative estimate of drug-likeness (QED) is 0.709. The maximum absolute atomic E-state index is 12.3. The summed E-state index contributed by atoms with van der Waals surface area (Å²) in [6.07, 6.45) is 1.91. The fourth-order valence-corrected chi connectivity index (χ4v) is 2.85. The molecular weight excluding hydrogens is 366 g/mol. The van der Waals surface area contributed by atoms with Crippen molar-refractivity contribution < 1.29 is 14.3 Å². The number of rotatable bonds is 6. The summed E-state index contributed by atoms with van der Waals surface area (Å²) in [5.41, 5.74) is 1.39. The van der Waals surface area contributed by atoms with Gasteiger partial charge < -0.3 is 20.7 Å². The number of carbonyl (C=O) groups is 2. The summed E-state index contributed by atoms with van der Waals surface area (Å²) in [6.45, 7) is 1.58. The van der Waals surface area contributed by atoms with Crippen LogP contribution in [0.15, 0.2) is 54.6 Å². The molecule has 144 valence electrons. The lowest BCUT2D eigenvalue weighted by atomic mass is 9.99. The van der Waals surface area contributed by atoms with Gasteiger partial charge in [0.25, 0.3) is 5.91 Å². The predicted octanol–water partition coefficient (Wildman–Crippen LogP) is 3.06. The number of piperidine rings is 1. The van der Waals surface area contributed by atoms with Gasteiger partial charge in [-0.1, -0.05) is 24.3 Å². The zero-order valence-corrected chi connectivity index (χ0v) is 15.8. The molecule has 2 aromatic carbocycles. The summed E-state index contributed by atoms with van der Waals surface area (Å²) in [5.74, 6) is 0.299. The largest absolute Gasteiger partial charge is 0.484 e. The molecule has 3 rings (SSSR count). The molecule has 1 aliphatic rings. The molecule has 1 saturated heterocycles. The standard InChI is InChI=1S/C20H23N3O3.ClH/c24-19(22-16-7-2-1-3-8-16)14-26-18-10-4-9-17(12-18)23-20(25)15-6-5-11-21-13-15;/h1-4,7-10,12,15,21H,5-6,11,13-14H2,(H,22,24)(H,23,25);1H. The molecule has 0 radical (unpaired) electrons. The maximum Gasteiger partial charge on any atom is 0.262 e. The molecule has 0 saturated carbocycles. The molecule has 0 spiro atoms. The lowest BCUT2D eigenvalue weighted by molar-refractivity contribution is -0.120. The van der Waals surface area contributed by atoms with E-state index in [4.69, 9.17) is 4.74 Å². The van der Waals surface area contributed by atoms with Gasteiger partial charge in [-0.15, -0.1) is 12.4 Å². The fraction of sp³-hybridized carbons (Fsp3) is 0.300. The molecule has 0 aromatic heterocycles. The zero-order valence-electron chi connectivity index (χ0n) is 14.9. The number of ether oxygens (including phenoxy) is 1. The van der Waals surface area contributed by atoms with Crippen LogP contribution in [0.3, 0.4) is 0 Å². The van der Waals surface area contributed by atoms with Crippen LogP contribution in [0.1, 0.15) is 12.8 Å². The van der Waals surface area contributed by atoms with Gasteiger partial charge in [0.2, 0.25) is 5.91 Å². The van der Waals surface area contributed by atoms with Gasteiger partial charge in [-0.05, 0) is 43.7 Å². The zero-order chi connectivity index (χ0) is 18.2. The molecule has 0 aliphatic carbocycles. The van der Waals surface area contributed by atoms with Crippen molar-refractivity contribution in [2.75, 3.05) is 30.3 Å². The van der Waals surface area contributed by atoms with Gasteiger partial charge in [0.15, 0.2) is 6.61 Å². The van der Waals surface area contributed by atoms with Crippen molar-refractivity contribution in [3.05, 3.63) is 54.6 Å². The van der Waals surface area contributed by atoms with Crippen molar-refractivity contribution in [3.63, 3.8) is 0 Å². The van der Waals surface area contributed by atoms with E-state index in [0.29, 0.717) is 18.0 Å². The van der Waals surface area contributed by atoms with Crippen molar-refractivity contribution in [2.45, 2.75) is 12.8 Å². The molecule has 1 unspecified atom stereocenters. The summed E-state index contributed by atoms with van der Waals surface area (Å²) in [4.78, 5) is 24.2. The van der Waals surface area contributed by atoms with E-state index >= 15 is 0 Å². The lowest BCUT2D eigenvalue weighted by Gasteiger charge is -2.22. The Hall–Kier alpha value is -2.57. The minimum Gasteiger partial charge on any atom is -0.484 e. The van der Waals surface area contributed by atoms with Gasteiger partial charge in [-0.25, -0.2) is 0 Å². The highest BCUT2D eigenvalue weighted by Crippen LogP contribution is 2.19. The van der Waals surface area contributed by atoms with Crippen molar-refractivity contribution in [2.24, 2.45) is 5.92 Å². The first-order valence-corrected chi connectivity index (χ1v) is 8.80. The molecule has 1 fully saturated rings. The van der Waals surface area contributed by atoms with Gasteiger partial charge in [0.05, 0.1) is 5.92 Å². The number of para-hydroxylation sites is 1. The Morgan fingerprint density at radius 1 is 1.04 bits per heavy atom. The summed E-state index contributed by atoms with van der Waals surface area (Å²) < 4.78 is 5.53. The third-order valence-corrected chi connectivity index (χ3v) is 4.20. The summed E-state index contributed by atoms with van der Waals surface area (Å²) in [7, 11) is 0. The molecule has 2 amide bonds. The highest BCUT2D eigenvalue weighted by molar-refractivity contribution is 5.93. The number of benzene rings is 2. The second-order valence-corrected chi connectivity index (χ2v) is 6.26. The predicted molar refractivity (Wildman–Crippen MR) is 108 cm³/mol. The lowest BCUT2D eigenvalue weighted by Crippen LogP contribution is -2.37. The van der Waals surface area contributed by atoms with Crippen molar-refractivity contribution in [1.29, 1.82) is 0 Å². The Bertz CT molecular complexity index is 749. The van der Waals surface area contributed by atoms with Crippen molar-refractivity contribution in [1.82, 2.24) is 5.32 Å². The van der Waals surface area contributed by atoms with E-state index < -0.39 is 0 Å². The molecular formula is C20H24ClN3O3. The Labute approximate surface area is 165 Å². The third kappa shape index (κ3) is 6.58. The number of anilines is 2. The molecule has 27 heavy (non-hydrogen) atoms. The third-order valence-electron chi connectivity index (χ3n) is 4.20. The van der Waals surface area contributed by atoms with E-state index in [1.165, 1.54) is 0 Å². The highest BCUT2D eigenvalue weighted by atomic mass is 35.5. The van der Waals surface area contributed by atoms with Gasteiger partial charge >= 0.3 is 0 Å². The van der Waals surface area contributed by atoms with E-state index in [2.05, 4.69) is 16.0 Å². The normalized spacial score (nSPS) is 15.9. The average Bonchev–Trinajstić information content (AvgIpc) is 2.68. The molecule has 6 nitrogen and oxygen atoms in total. The van der Waals surface area contributed by atoms with Crippen LogP contribution >= 0.6 is 12.4 Å². The maximum atomic E-state index is 12.3. The van der Waals surface area contributed by atoms with Crippen LogP contribution in [-0.4, -0.2) is 31.5 Å².